The number of esters is 1. The number of hydrogen-bond acceptors (Lipinski definition) is 16. The molecule has 338 valence electrons. The molecule has 7 N–H and O–H groups in total. The standard InChI is InChI=1S/C38H62N8O14/c1-20(2)16-24-11-13-38(55,60-23(24)6)37(7,54)36(53)42-29-30(21(3)4)59-35(52)22(5)45(56)33(50)26-10-9-14-41-44(26)28(47)17-40-31(48)27(18-58-8)46(57)32(49)25-12-15-39-19-43(25)34(29)51/h14,20-27,29-30,39,54-57H,9-13,15-19H2,1-8H3,(H,40,48)(H,42,53). The Balaban J connectivity index is 1.80. The summed E-state index contributed by atoms with van der Waals surface area (Å²) in [5.41, 5.74) is -2.72. The van der Waals surface area contributed by atoms with E-state index in [9.17, 15) is 54.2 Å². The van der Waals surface area contributed by atoms with Gasteiger partial charge < -0.3 is 40.0 Å². The lowest BCUT2D eigenvalue weighted by Crippen LogP contribution is -2.70. The number of hydroxylamine groups is 4. The molecule has 0 aromatic carbocycles. The topological polar surface area (TPSA) is 290 Å². The number of nitrogens with one attached hydrogen (secondary N) is 3. The number of hydrazone groups is 1. The summed E-state index contributed by atoms with van der Waals surface area (Å²) in [4.78, 5) is 98.4. The number of ether oxygens (including phenoxy) is 3. The fourth-order valence-electron chi connectivity index (χ4n) is 7.86. The Morgan fingerprint density at radius 2 is 1.70 bits per heavy atom. The third-order valence-corrected chi connectivity index (χ3v) is 11.6. The summed E-state index contributed by atoms with van der Waals surface area (Å²) in [5, 5.41) is 58.4. The van der Waals surface area contributed by atoms with Gasteiger partial charge >= 0.3 is 5.97 Å². The number of nitrogens with zero attached hydrogens (tertiary/aromatic N) is 5. The van der Waals surface area contributed by atoms with Crippen molar-refractivity contribution < 1.29 is 68.4 Å². The van der Waals surface area contributed by atoms with Crippen LogP contribution in [0, 0.1) is 17.8 Å². The first-order valence-corrected chi connectivity index (χ1v) is 20.4. The molecule has 4 rings (SSSR count). The molecular weight excluding hydrogens is 792 g/mol. The molecular formula is C38H62N8O14. The molecule has 4 heterocycles. The molecule has 0 saturated carbocycles. The van der Waals surface area contributed by atoms with Crippen LogP contribution in [0.2, 0.25) is 0 Å². The number of amides is 6. The maximum Gasteiger partial charge on any atom is 0.331 e. The van der Waals surface area contributed by atoms with Crippen LogP contribution in [-0.4, -0.2) is 176 Å². The number of rotatable bonds is 8. The first-order chi connectivity index (χ1) is 28.1. The second-order valence-corrected chi connectivity index (χ2v) is 16.8. The average Bonchev–Trinajstić information content (AvgIpc) is 3.21. The van der Waals surface area contributed by atoms with Crippen molar-refractivity contribution in [2.24, 2.45) is 22.9 Å². The van der Waals surface area contributed by atoms with Crippen LogP contribution in [-0.2, 0) is 47.8 Å². The Morgan fingerprint density at radius 3 is 2.32 bits per heavy atom. The summed E-state index contributed by atoms with van der Waals surface area (Å²) >= 11 is 0. The third-order valence-electron chi connectivity index (χ3n) is 11.6. The Hall–Kier alpha value is -4.32. The third kappa shape index (κ3) is 10.4. The predicted octanol–water partition coefficient (Wildman–Crippen LogP) is -1.57. The van der Waals surface area contributed by atoms with E-state index in [0.29, 0.717) is 12.3 Å². The highest BCUT2D eigenvalue weighted by Crippen LogP contribution is 2.40. The molecule has 4 aliphatic heterocycles. The highest BCUT2D eigenvalue weighted by molar-refractivity contribution is 5.97. The van der Waals surface area contributed by atoms with Gasteiger partial charge in [-0.05, 0) is 77.2 Å². The molecule has 3 saturated heterocycles. The molecule has 10 atom stereocenters. The molecule has 0 bridgehead atoms. The first-order valence-electron chi connectivity index (χ1n) is 20.4. The number of hydrogen-bond donors (Lipinski definition) is 7. The van der Waals surface area contributed by atoms with Gasteiger partial charge in [-0.3, -0.25) is 44.5 Å². The van der Waals surface area contributed by atoms with Gasteiger partial charge in [0.05, 0.1) is 25.9 Å². The summed E-state index contributed by atoms with van der Waals surface area (Å²) in [6.07, 6.45) is 0.155. The van der Waals surface area contributed by atoms with E-state index >= 15 is 0 Å². The average molecular weight is 855 g/mol. The van der Waals surface area contributed by atoms with Crippen LogP contribution in [0.15, 0.2) is 5.10 Å². The Morgan fingerprint density at radius 1 is 1.03 bits per heavy atom. The van der Waals surface area contributed by atoms with Crippen molar-refractivity contribution in [3.8, 4) is 0 Å². The minimum Gasteiger partial charge on any atom is -0.458 e. The zero-order chi connectivity index (χ0) is 44.9. The Kier molecular flexibility index (Phi) is 16.1. The van der Waals surface area contributed by atoms with Gasteiger partial charge in [0.15, 0.2) is 17.7 Å². The van der Waals surface area contributed by atoms with E-state index < -0.39 is 114 Å². The zero-order valence-corrected chi connectivity index (χ0v) is 35.5. The van der Waals surface area contributed by atoms with Gasteiger partial charge in [0.1, 0.15) is 24.2 Å². The monoisotopic (exact) mass is 854 g/mol. The molecule has 0 aromatic heterocycles. The van der Waals surface area contributed by atoms with Crippen LogP contribution in [0.3, 0.4) is 0 Å². The van der Waals surface area contributed by atoms with E-state index in [1.54, 1.807) is 6.92 Å². The predicted molar refractivity (Wildman–Crippen MR) is 207 cm³/mol. The summed E-state index contributed by atoms with van der Waals surface area (Å²) in [5.74, 6) is -10.8. The second-order valence-electron chi connectivity index (χ2n) is 16.8. The highest BCUT2D eigenvalue weighted by Gasteiger charge is 2.57. The quantitative estimate of drug-likeness (QED) is 0.107. The molecule has 10 unspecified atom stereocenters. The molecule has 0 aromatic rings. The van der Waals surface area contributed by atoms with Gasteiger partial charge in [-0.15, -0.1) is 0 Å². The summed E-state index contributed by atoms with van der Waals surface area (Å²) in [6.45, 7) is 9.44. The largest absolute Gasteiger partial charge is 0.458 e. The molecule has 0 radical (unpaired) electrons. The fourth-order valence-corrected chi connectivity index (χ4v) is 7.86. The maximum absolute atomic E-state index is 14.8. The summed E-state index contributed by atoms with van der Waals surface area (Å²) in [6, 6.07) is -8.39. The number of carbonyl (C=O) groups is 7. The summed E-state index contributed by atoms with van der Waals surface area (Å²) < 4.78 is 16.8. The van der Waals surface area contributed by atoms with E-state index in [1.165, 1.54) is 27.2 Å². The van der Waals surface area contributed by atoms with Gasteiger partial charge in [0.25, 0.3) is 29.5 Å². The van der Waals surface area contributed by atoms with Gasteiger partial charge in [0.2, 0.25) is 11.7 Å². The van der Waals surface area contributed by atoms with Crippen LogP contribution in [0.5, 0.6) is 0 Å². The van der Waals surface area contributed by atoms with Gasteiger partial charge in [0, 0.05) is 19.7 Å². The summed E-state index contributed by atoms with van der Waals surface area (Å²) in [7, 11) is 1.20. The van der Waals surface area contributed by atoms with Crippen LogP contribution < -0.4 is 16.0 Å². The first kappa shape index (κ1) is 48.3. The normalized spacial score (nSPS) is 33.0. The molecule has 4 aliphatic rings. The van der Waals surface area contributed by atoms with Crippen LogP contribution >= 0.6 is 0 Å². The SMILES string of the molecule is COCC1C(=O)NCC(=O)N2N=CCCC2C(=O)N(O)C(C)C(=O)OC(C(C)C)C(NC(=O)C(C)(O)C2(O)CCC(CC(C)C)C(C)O2)C(=O)N2CNCCC2C(=O)N1O. The fraction of sp³-hybridized carbons (Fsp3) is 0.789. The molecule has 6 amide bonds. The molecule has 22 heteroatoms. The molecule has 3 fully saturated rings. The van der Waals surface area contributed by atoms with Crippen molar-refractivity contribution in [1.29, 1.82) is 0 Å². The molecule has 0 aliphatic carbocycles. The Labute approximate surface area is 348 Å². The Bertz CT molecular complexity index is 1650. The van der Waals surface area contributed by atoms with Gasteiger partial charge in [-0.1, -0.05) is 27.7 Å². The van der Waals surface area contributed by atoms with Crippen molar-refractivity contribution >= 4 is 47.6 Å². The van der Waals surface area contributed by atoms with E-state index in [4.69, 9.17) is 14.2 Å². The highest BCUT2D eigenvalue weighted by atomic mass is 16.6. The van der Waals surface area contributed by atoms with E-state index in [0.717, 1.165) is 30.2 Å². The zero-order valence-electron chi connectivity index (χ0n) is 35.5. The minimum atomic E-state index is -2.72. The second kappa shape index (κ2) is 20.0. The van der Waals surface area contributed by atoms with Crippen molar-refractivity contribution in [1.82, 2.24) is 36.0 Å². The molecule has 22 nitrogen and oxygen atoms in total. The van der Waals surface area contributed by atoms with Gasteiger partial charge in [-0.25, -0.2) is 19.9 Å². The lowest BCUT2D eigenvalue weighted by atomic mass is 9.79. The van der Waals surface area contributed by atoms with Crippen LogP contribution in [0.25, 0.3) is 0 Å². The lowest BCUT2D eigenvalue weighted by molar-refractivity contribution is -0.326. The van der Waals surface area contributed by atoms with Crippen molar-refractivity contribution in [3.63, 3.8) is 0 Å². The number of cyclic esters (lactones) is 1. The van der Waals surface area contributed by atoms with E-state index in [1.807, 2.05) is 13.8 Å². The van der Waals surface area contributed by atoms with E-state index in [2.05, 4.69) is 21.1 Å². The number of methoxy groups -OCH3 is 1. The number of carbonyl (C=O) groups excluding carboxylic acids is 7. The lowest BCUT2D eigenvalue weighted by Gasteiger charge is -2.47. The van der Waals surface area contributed by atoms with E-state index in [-0.39, 0.29) is 54.9 Å². The number of aliphatic hydroxyl groups is 2. The molecule has 60 heavy (non-hydrogen) atoms. The minimum absolute atomic E-state index is 0.0117. The van der Waals surface area contributed by atoms with Crippen molar-refractivity contribution in [2.75, 3.05) is 33.5 Å². The van der Waals surface area contributed by atoms with Crippen LogP contribution in [0.4, 0.5) is 0 Å². The van der Waals surface area contributed by atoms with Gasteiger partial charge in [-0.2, -0.15) is 5.10 Å². The molecule has 0 spiro atoms. The number of fused-ring (bicyclic) bond motifs is 2. The smallest absolute Gasteiger partial charge is 0.331 e. The van der Waals surface area contributed by atoms with Crippen molar-refractivity contribution in [2.45, 2.75) is 141 Å². The van der Waals surface area contributed by atoms with Crippen LogP contribution in [0.1, 0.15) is 87.0 Å². The van der Waals surface area contributed by atoms with Crippen molar-refractivity contribution in [3.05, 3.63) is 0 Å². The maximum atomic E-state index is 14.8.